The highest BCUT2D eigenvalue weighted by atomic mass is 32.1. The number of hydrogen-bond donors (Lipinski definition) is 6. The Morgan fingerprint density at radius 1 is 0.900 bits per heavy atom. The van der Waals surface area contributed by atoms with Gasteiger partial charge in [-0.25, -0.2) is 4.79 Å². The van der Waals surface area contributed by atoms with Crippen molar-refractivity contribution in [3.05, 3.63) is 70.4 Å². The molecule has 0 amide bonds. The zero-order valence-electron chi connectivity index (χ0n) is 20.7. The molecule has 40 heavy (non-hydrogen) atoms. The molecule has 6 N–H and O–H groups in total. The summed E-state index contributed by atoms with van der Waals surface area (Å²) in [5.41, 5.74) is 1.58. The molecule has 0 atom stereocenters. The smallest absolute Gasteiger partial charge is 0.336 e. The molecule has 0 saturated heterocycles. The van der Waals surface area contributed by atoms with Crippen LogP contribution < -0.4 is 16.1 Å². The number of phenolic OH excluding ortho intramolecular Hbond substituents is 1. The maximum atomic E-state index is 12.3. The number of nitrogens with zero attached hydrogens (tertiary/aromatic N) is 1. The molecule has 0 unspecified atom stereocenters. The molecule has 2 aromatic rings. The lowest BCUT2D eigenvalue weighted by Gasteiger charge is -2.19. The fourth-order valence-electron chi connectivity index (χ4n) is 4.27. The third kappa shape index (κ3) is 6.51. The molecule has 0 radical (unpaired) electrons. The predicted octanol–water partition coefficient (Wildman–Crippen LogP) is 2.73. The van der Waals surface area contributed by atoms with Crippen LogP contribution in [-0.4, -0.2) is 74.5 Å². The van der Waals surface area contributed by atoms with Crippen LogP contribution in [-0.2, 0) is 9.59 Å². The standard InChI is InChI=1S/C27H23N3O9S/c31-15-2-5-18-21(10-15)39-22-11-16(32)3-6-19(22)25(18)17-4-1-14(9-20(17)26(37)38)29-27(40)28-7-8-30(12-23(33)34)13-24(35)36/h1-6,9-11,31H,7-8,12-13H2,(H,33,34)(H,35,36)(H,37,38)(H2,28,29,40). The minimum absolute atomic E-state index is 0.0621. The van der Waals surface area contributed by atoms with Gasteiger partial charge in [0.05, 0.1) is 18.7 Å². The Balaban J connectivity index is 1.62. The molecule has 1 heterocycles. The first kappa shape index (κ1) is 28.0. The molecule has 12 nitrogen and oxygen atoms in total. The molecule has 1 aliphatic heterocycles. The number of aliphatic carboxylic acids is 2. The van der Waals surface area contributed by atoms with E-state index in [0.29, 0.717) is 27.8 Å². The number of carbonyl (C=O) groups is 3. The minimum Gasteiger partial charge on any atom is -0.508 e. The maximum Gasteiger partial charge on any atom is 0.336 e. The van der Waals surface area contributed by atoms with Gasteiger partial charge in [-0.15, -0.1) is 0 Å². The second-order valence-electron chi connectivity index (χ2n) is 8.76. The summed E-state index contributed by atoms with van der Waals surface area (Å²) in [7, 11) is 0. The van der Waals surface area contributed by atoms with Crippen LogP contribution in [0.2, 0.25) is 0 Å². The number of anilines is 1. The topological polar surface area (TPSA) is 190 Å². The van der Waals surface area contributed by atoms with Crippen LogP contribution in [0.5, 0.6) is 5.75 Å². The van der Waals surface area contributed by atoms with Gasteiger partial charge in [-0.05, 0) is 54.2 Å². The van der Waals surface area contributed by atoms with Crippen LogP contribution in [0.1, 0.15) is 10.4 Å². The van der Waals surface area contributed by atoms with Crippen molar-refractivity contribution in [2.75, 3.05) is 31.5 Å². The second-order valence-corrected chi connectivity index (χ2v) is 9.17. The molecule has 2 aromatic carbocycles. The summed E-state index contributed by atoms with van der Waals surface area (Å²) in [4.78, 5) is 47.4. The fraction of sp³-hybridized carbons (Fsp3) is 0.148. The fourth-order valence-corrected chi connectivity index (χ4v) is 4.49. The molecule has 4 rings (SSSR count). The van der Waals surface area contributed by atoms with E-state index in [1.165, 1.54) is 35.2 Å². The van der Waals surface area contributed by atoms with E-state index in [-0.39, 0.29) is 46.3 Å². The molecule has 206 valence electrons. The number of fused-ring (bicyclic) bond motifs is 2. The van der Waals surface area contributed by atoms with Gasteiger partial charge in [-0.1, -0.05) is 6.07 Å². The summed E-state index contributed by atoms with van der Waals surface area (Å²) < 4.78 is 5.83. The van der Waals surface area contributed by atoms with Crippen molar-refractivity contribution in [3.63, 3.8) is 0 Å². The third-order valence-electron chi connectivity index (χ3n) is 5.89. The van der Waals surface area contributed by atoms with Gasteiger partial charge in [0.15, 0.2) is 10.5 Å². The molecular formula is C27H23N3O9S. The number of nitrogens with one attached hydrogen (secondary N) is 2. The number of hydrogen-bond acceptors (Lipinski definition) is 8. The molecule has 0 spiro atoms. The number of aromatic carboxylic acids is 1. The largest absolute Gasteiger partial charge is 0.508 e. The van der Waals surface area contributed by atoms with Crippen molar-refractivity contribution in [2.45, 2.75) is 0 Å². The molecule has 1 aliphatic carbocycles. The molecule has 0 fully saturated rings. The third-order valence-corrected chi connectivity index (χ3v) is 6.13. The van der Waals surface area contributed by atoms with Gasteiger partial charge in [-0.2, -0.15) is 0 Å². The molecule has 0 bridgehead atoms. The van der Waals surface area contributed by atoms with Crippen LogP contribution in [0.25, 0.3) is 33.4 Å². The Morgan fingerprint density at radius 2 is 1.60 bits per heavy atom. The Kier molecular flexibility index (Phi) is 8.26. The van der Waals surface area contributed by atoms with E-state index in [1.807, 2.05) is 0 Å². The van der Waals surface area contributed by atoms with Gasteiger partial charge in [0.25, 0.3) is 0 Å². The minimum atomic E-state index is -1.23. The summed E-state index contributed by atoms with van der Waals surface area (Å²) in [6.07, 6.45) is 0. The van der Waals surface area contributed by atoms with Crippen molar-refractivity contribution in [3.8, 4) is 28.2 Å². The Morgan fingerprint density at radius 3 is 2.27 bits per heavy atom. The number of phenols is 1. The van der Waals surface area contributed by atoms with Gasteiger partial charge in [0.1, 0.15) is 17.1 Å². The lowest BCUT2D eigenvalue weighted by Crippen LogP contribution is -2.41. The lowest BCUT2D eigenvalue weighted by molar-refractivity contribution is -0.141. The molecule has 2 aliphatic rings. The van der Waals surface area contributed by atoms with Crippen LogP contribution in [0.4, 0.5) is 5.69 Å². The van der Waals surface area contributed by atoms with Crippen LogP contribution >= 0.6 is 12.2 Å². The van der Waals surface area contributed by atoms with Gasteiger partial charge in [0.2, 0.25) is 0 Å². The summed E-state index contributed by atoms with van der Waals surface area (Å²) in [5.74, 6) is -3.39. The first-order valence-electron chi connectivity index (χ1n) is 11.8. The van der Waals surface area contributed by atoms with Crippen LogP contribution in [0.3, 0.4) is 0 Å². The summed E-state index contributed by atoms with van der Waals surface area (Å²) in [6.45, 7) is -0.692. The summed E-state index contributed by atoms with van der Waals surface area (Å²) in [5, 5.41) is 44.3. The van der Waals surface area contributed by atoms with Crippen molar-refractivity contribution < 1.29 is 39.2 Å². The highest BCUT2D eigenvalue weighted by Gasteiger charge is 2.22. The number of aromatic hydroxyl groups is 1. The van der Waals surface area contributed by atoms with Crippen LogP contribution in [0, 0.1) is 0 Å². The highest BCUT2D eigenvalue weighted by molar-refractivity contribution is 7.80. The molecule has 0 aromatic heterocycles. The Hall–Kier alpha value is -5.01. The molecular weight excluding hydrogens is 542 g/mol. The zero-order valence-corrected chi connectivity index (χ0v) is 21.5. The number of rotatable bonds is 10. The maximum absolute atomic E-state index is 12.3. The zero-order chi connectivity index (χ0) is 29.0. The van der Waals surface area contributed by atoms with E-state index in [0.717, 1.165) is 0 Å². The Labute approximate surface area is 231 Å². The van der Waals surface area contributed by atoms with Gasteiger partial charge < -0.3 is 35.5 Å². The van der Waals surface area contributed by atoms with E-state index in [9.17, 15) is 29.4 Å². The first-order valence-corrected chi connectivity index (χ1v) is 12.2. The van der Waals surface area contributed by atoms with Crippen molar-refractivity contribution in [1.82, 2.24) is 10.2 Å². The number of carboxylic acids is 3. The van der Waals surface area contributed by atoms with Crippen molar-refractivity contribution in [2.24, 2.45) is 0 Å². The van der Waals surface area contributed by atoms with E-state index in [2.05, 4.69) is 10.6 Å². The van der Waals surface area contributed by atoms with E-state index in [4.69, 9.17) is 26.8 Å². The molecule has 13 heteroatoms. The highest BCUT2D eigenvalue weighted by Crippen LogP contribution is 2.42. The average Bonchev–Trinajstić information content (AvgIpc) is 2.86. The number of carboxylic acid groups (broad SMARTS) is 3. The normalized spacial score (nSPS) is 11.0. The van der Waals surface area contributed by atoms with Crippen molar-refractivity contribution >= 4 is 51.9 Å². The average molecular weight is 566 g/mol. The second kappa shape index (κ2) is 11.8. The van der Waals surface area contributed by atoms with Crippen molar-refractivity contribution in [1.29, 1.82) is 0 Å². The van der Waals surface area contributed by atoms with E-state index in [1.54, 1.807) is 24.3 Å². The lowest BCUT2D eigenvalue weighted by atomic mass is 9.90. The molecule has 0 saturated carbocycles. The summed E-state index contributed by atoms with van der Waals surface area (Å²) >= 11 is 5.26. The SMILES string of the molecule is O=C(O)CN(CCNC(=S)Nc1ccc(-c2c3ccc(=O)cc-3oc3cc(O)ccc23)c(C(=O)O)c1)CC(=O)O. The Bertz CT molecular complexity index is 1650. The van der Waals surface area contributed by atoms with Gasteiger partial charge in [0, 0.05) is 47.4 Å². The van der Waals surface area contributed by atoms with Gasteiger partial charge in [-0.3, -0.25) is 19.3 Å². The van der Waals surface area contributed by atoms with E-state index < -0.39 is 31.0 Å². The first-order chi connectivity index (χ1) is 19.0. The van der Waals surface area contributed by atoms with Gasteiger partial charge >= 0.3 is 17.9 Å². The van der Waals surface area contributed by atoms with E-state index >= 15 is 0 Å². The number of thiocarbonyl (C=S) groups is 1. The monoisotopic (exact) mass is 565 g/mol. The summed E-state index contributed by atoms with van der Waals surface area (Å²) in [6, 6.07) is 13.2. The quantitative estimate of drug-likeness (QED) is 0.122. The number of benzene rings is 3. The predicted molar refractivity (Wildman–Crippen MR) is 149 cm³/mol. The van der Waals surface area contributed by atoms with Crippen LogP contribution in [0.15, 0.2) is 63.8 Å².